The van der Waals surface area contributed by atoms with Crippen LogP contribution < -0.4 is 9.80 Å². The van der Waals surface area contributed by atoms with E-state index in [1.165, 1.54) is 50.0 Å². The number of para-hydroxylation sites is 2. The van der Waals surface area contributed by atoms with E-state index in [1.807, 2.05) is 0 Å². The zero-order chi connectivity index (χ0) is 31.3. The smallest absolute Gasteiger partial charge is 0.0540 e. The van der Waals surface area contributed by atoms with Gasteiger partial charge in [0.1, 0.15) is 0 Å². The van der Waals surface area contributed by atoms with E-state index in [0.717, 1.165) is 22.7 Å². The molecule has 46 heavy (non-hydrogen) atoms. The molecule has 0 saturated heterocycles. The van der Waals surface area contributed by atoms with Gasteiger partial charge in [0.15, 0.2) is 0 Å². The first-order chi connectivity index (χ1) is 22.5. The zero-order valence-electron chi connectivity index (χ0n) is 26.5. The number of aryl methyl sites for hydroxylation is 1. The molecule has 0 heterocycles. The standard InChI is InChI=1S/C44H36N2/c1-31-14-12-21-35(28-31)45(33-17-6-4-7-18-33)36-24-26-39-40-27-25-37(30-42(40)44(2,3)41(39)29-36)46(34-19-8-5-9-20-34)43-23-13-16-32-15-10-11-22-38(32)43/h4-30H,1-3H3. The maximum Gasteiger partial charge on any atom is 0.0540 e. The van der Waals surface area contributed by atoms with Crippen molar-refractivity contribution in [3.63, 3.8) is 0 Å². The molecule has 2 nitrogen and oxygen atoms in total. The number of hydrogen-bond donors (Lipinski definition) is 0. The van der Waals surface area contributed by atoms with E-state index in [0.29, 0.717) is 0 Å². The lowest BCUT2D eigenvalue weighted by atomic mass is 9.82. The molecule has 0 radical (unpaired) electrons. The molecule has 0 spiro atoms. The fraction of sp³-hybridized carbons (Fsp3) is 0.0909. The molecule has 0 bridgehead atoms. The molecule has 0 saturated carbocycles. The number of nitrogens with zero attached hydrogens (tertiary/aromatic N) is 2. The highest BCUT2D eigenvalue weighted by molar-refractivity contribution is 5.99. The minimum Gasteiger partial charge on any atom is -0.310 e. The molecule has 1 aliphatic rings. The van der Waals surface area contributed by atoms with E-state index in [4.69, 9.17) is 0 Å². The molecule has 0 unspecified atom stereocenters. The lowest BCUT2D eigenvalue weighted by molar-refractivity contribution is 0.660. The van der Waals surface area contributed by atoms with Gasteiger partial charge in [0.05, 0.1) is 5.69 Å². The minimum absolute atomic E-state index is 0.188. The summed E-state index contributed by atoms with van der Waals surface area (Å²) in [6.45, 7) is 6.90. The van der Waals surface area contributed by atoms with Crippen LogP contribution in [0.2, 0.25) is 0 Å². The molecule has 1 aliphatic carbocycles. The van der Waals surface area contributed by atoms with Crippen molar-refractivity contribution in [1.82, 2.24) is 0 Å². The number of hydrogen-bond acceptors (Lipinski definition) is 2. The molecule has 0 amide bonds. The van der Waals surface area contributed by atoms with Crippen LogP contribution in [0.25, 0.3) is 21.9 Å². The van der Waals surface area contributed by atoms with Crippen molar-refractivity contribution in [1.29, 1.82) is 0 Å². The molecular formula is C44H36N2. The van der Waals surface area contributed by atoms with Gasteiger partial charge in [-0.15, -0.1) is 0 Å². The van der Waals surface area contributed by atoms with Gasteiger partial charge in [-0.1, -0.05) is 111 Å². The van der Waals surface area contributed by atoms with E-state index >= 15 is 0 Å². The van der Waals surface area contributed by atoms with Gasteiger partial charge in [-0.25, -0.2) is 0 Å². The first-order valence-corrected chi connectivity index (χ1v) is 16.0. The summed E-state index contributed by atoms with van der Waals surface area (Å²) in [5.74, 6) is 0. The highest BCUT2D eigenvalue weighted by atomic mass is 15.1. The molecule has 2 heteroatoms. The van der Waals surface area contributed by atoms with E-state index in [9.17, 15) is 0 Å². The highest BCUT2D eigenvalue weighted by Gasteiger charge is 2.37. The molecule has 0 N–H and O–H groups in total. The Balaban J connectivity index is 1.26. The molecule has 0 aliphatic heterocycles. The summed E-state index contributed by atoms with van der Waals surface area (Å²) < 4.78 is 0. The van der Waals surface area contributed by atoms with Crippen LogP contribution in [0.3, 0.4) is 0 Å². The van der Waals surface area contributed by atoms with E-state index < -0.39 is 0 Å². The van der Waals surface area contributed by atoms with Gasteiger partial charge >= 0.3 is 0 Å². The van der Waals surface area contributed by atoms with Crippen LogP contribution in [0.5, 0.6) is 0 Å². The topological polar surface area (TPSA) is 6.48 Å². The van der Waals surface area contributed by atoms with Crippen molar-refractivity contribution in [2.75, 3.05) is 9.80 Å². The molecule has 8 rings (SSSR count). The van der Waals surface area contributed by atoms with Gasteiger partial charge in [0, 0.05) is 39.2 Å². The summed E-state index contributed by atoms with van der Waals surface area (Å²) in [4.78, 5) is 4.78. The fourth-order valence-electron chi connectivity index (χ4n) is 7.19. The Kier molecular flexibility index (Phi) is 6.73. The van der Waals surface area contributed by atoms with Crippen molar-refractivity contribution < 1.29 is 0 Å². The van der Waals surface area contributed by atoms with Gasteiger partial charge in [-0.05, 0) is 107 Å². The quantitative estimate of drug-likeness (QED) is 0.189. The normalized spacial score (nSPS) is 12.8. The number of benzene rings is 7. The van der Waals surface area contributed by atoms with E-state index in [-0.39, 0.29) is 5.41 Å². The van der Waals surface area contributed by atoms with Gasteiger partial charge in [-0.3, -0.25) is 0 Å². The lowest BCUT2D eigenvalue weighted by Crippen LogP contribution is -2.17. The monoisotopic (exact) mass is 592 g/mol. The van der Waals surface area contributed by atoms with Crippen LogP contribution in [-0.4, -0.2) is 0 Å². The maximum atomic E-state index is 2.42. The average molecular weight is 593 g/mol. The van der Waals surface area contributed by atoms with Crippen LogP contribution in [0.15, 0.2) is 164 Å². The van der Waals surface area contributed by atoms with Crippen LogP contribution in [0.1, 0.15) is 30.5 Å². The molecular weight excluding hydrogens is 556 g/mol. The first kappa shape index (κ1) is 27.9. The number of rotatable bonds is 6. The Bertz CT molecular complexity index is 2190. The second kappa shape index (κ2) is 11.1. The van der Waals surface area contributed by atoms with Crippen LogP contribution >= 0.6 is 0 Å². The predicted octanol–water partition coefficient (Wildman–Crippen LogP) is 12.4. The zero-order valence-corrected chi connectivity index (χ0v) is 26.5. The van der Waals surface area contributed by atoms with Crippen molar-refractivity contribution in [3.8, 4) is 11.1 Å². The van der Waals surface area contributed by atoms with Gasteiger partial charge in [-0.2, -0.15) is 0 Å². The molecule has 7 aromatic carbocycles. The summed E-state index contributed by atoms with van der Waals surface area (Å²) in [6.07, 6.45) is 0. The van der Waals surface area contributed by atoms with Crippen LogP contribution in [0, 0.1) is 6.92 Å². The SMILES string of the molecule is Cc1cccc(N(c2ccccc2)c2ccc3c(c2)C(C)(C)c2cc(N(c4ccccc4)c4cccc5ccccc45)ccc2-3)c1. The van der Waals surface area contributed by atoms with Crippen molar-refractivity contribution >= 4 is 44.9 Å². The Morgan fingerprint density at radius 1 is 0.413 bits per heavy atom. The summed E-state index contributed by atoms with van der Waals surface area (Å²) in [5.41, 5.74) is 13.3. The minimum atomic E-state index is -0.188. The third-order valence-corrected chi connectivity index (χ3v) is 9.46. The number of anilines is 6. The maximum absolute atomic E-state index is 2.42. The average Bonchev–Trinajstić information content (AvgIpc) is 3.31. The van der Waals surface area contributed by atoms with E-state index in [1.54, 1.807) is 0 Å². The first-order valence-electron chi connectivity index (χ1n) is 16.0. The summed E-state index contributed by atoms with van der Waals surface area (Å²) in [5, 5.41) is 2.47. The Morgan fingerprint density at radius 2 is 0.913 bits per heavy atom. The second-order valence-electron chi connectivity index (χ2n) is 12.8. The Labute approximate surface area is 271 Å². The third kappa shape index (κ3) is 4.66. The van der Waals surface area contributed by atoms with Gasteiger partial charge in [0.25, 0.3) is 0 Å². The fourth-order valence-corrected chi connectivity index (χ4v) is 7.19. The predicted molar refractivity (Wildman–Crippen MR) is 196 cm³/mol. The summed E-state index contributed by atoms with van der Waals surface area (Å²) in [7, 11) is 0. The largest absolute Gasteiger partial charge is 0.310 e. The van der Waals surface area contributed by atoms with Crippen LogP contribution in [0.4, 0.5) is 34.1 Å². The second-order valence-corrected chi connectivity index (χ2v) is 12.8. The summed E-state index contributed by atoms with van der Waals surface area (Å²) >= 11 is 0. The lowest BCUT2D eigenvalue weighted by Gasteiger charge is -2.29. The molecule has 7 aromatic rings. The Hall–Kier alpha value is -5.60. The van der Waals surface area contributed by atoms with Gasteiger partial charge < -0.3 is 9.80 Å². The van der Waals surface area contributed by atoms with Crippen molar-refractivity contribution in [2.24, 2.45) is 0 Å². The van der Waals surface area contributed by atoms with Crippen molar-refractivity contribution in [2.45, 2.75) is 26.2 Å². The third-order valence-electron chi connectivity index (χ3n) is 9.46. The Morgan fingerprint density at radius 3 is 1.57 bits per heavy atom. The van der Waals surface area contributed by atoms with Crippen molar-refractivity contribution in [3.05, 3.63) is 180 Å². The highest BCUT2D eigenvalue weighted by Crippen LogP contribution is 2.52. The number of fused-ring (bicyclic) bond motifs is 4. The molecule has 0 aromatic heterocycles. The molecule has 222 valence electrons. The van der Waals surface area contributed by atoms with Gasteiger partial charge in [0.2, 0.25) is 0 Å². The molecule has 0 fully saturated rings. The van der Waals surface area contributed by atoms with E-state index in [2.05, 4.69) is 194 Å². The van der Waals surface area contributed by atoms with Crippen LogP contribution in [-0.2, 0) is 5.41 Å². The summed E-state index contributed by atoms with van der Waals surface area (Å²) in [6, 6.07) is 59.4. The molecule has 0 atom stereocenters.